The van der Waals surface area contributed by atoms with E-state index in [2.05, 4.69) is 35.6 Å². The number of ketones is 1. The summed E-state index contributed by atoms with van der Waals surface area (Å²) in [6.07, 6.45) is -7.94. The van der Waals surface area contributed by atoms with Gasteiger partial charge < -0.3 is 30.0 Å². The minimum absolute atomic E-state index is 0.0782. The lowest BCUT2D eigenvalue weighted by atomic mass is 10.1. The van der Waals surface area contributed by atoms with Crippen molar-refractivity contribution in [2.45, 2.75) is 44.2 Å². The molecule has 0 unspecified atom stereocenters. The number of anilines is 1. The number of carbonyl (C=O) groups excluding carboxylic acids is 2. The van der Waals surface area contributed by atoms with Crippen molar-refractivity contribution in [3.8, 4) is 0 Å². The Labute approximate surface area is 209 Å². The average Bonchev–Trinajstić information content (AvgIpc) is 3.57. The summed E-state index contributed by atoms with van der Waals surface area (Å²) in [5.74, 6) is -1.66. The highest BCUT2D eigenvalue weighted by Crippen LogP contribution is 2.36. The molecule has 0 radical (unpaired) electrons. The van der Waals surface area contributed by atoms with Crippen molar-refractivity contribution in [2.75, 3.05) is 12.4 Å². The second-order valence-corrected chi connectivity index (χ2v) is 8.33. The van der Waals surface area contributed by atoms with Crippen LogP contribution in [0.15, 0.2) is 23.1 Å². The normalized spacial score (nSPS) is 21.8. The van der Waals surface area contributed by atoms with Gasteiger partial charge in [-0.15, -0.1) is 0 Å². The maximum absolute atomic E-state index is 13.7. The molecule has 0 aromatic carbocycles. The number of pyridine rings is 1. The number of likely N-dealkylation sites (N-methyl/N-ethyl adjacent to an activating group) is 1. The molecule has 1 saturated heterocycles. The third kappa shape index (κ3) is 4.29. The molecule has 4 atom stereocenters. The van der Waals surface area contributed by atoms with Crippen molar-refractivity contribution in [2.24, 2.45) is 0 Å². The number of carbonyl (C=O) groups is 2. The first-order chi connectivity index (χ1) is 18.0. The molecule has 0 bridgehead atoms. The molecule has 0 spiro atoms. The zero-order valence-corrected chi connectivity index (χ0v) is 19.6. The third-order valence-electron chi connectivity index (χ3n) is 5.83. The lowest BCUT2D eigenvalue weighted by Gasteiger charge is -2.16. The predicted octanol–water partition coefficient (Wildman–Crippen LogP) is 0.561. The highest BCUT2D eigenvalue weighted by atomic mass is 19.4. The number of alkyl halides is 3. The number of imidazole rings is 1. The van der Waals surface area contributed by atoms with Crippen LogP contribution in [0.3, 0.4) is 0 Å². The first-order valence-corrected chi connectivity index (χ1v) is 11.0. The highest BCUT2D eigenvalue weighted by molar-refractivity contribution is 5.92. The fourth-order valence-electron chi connectivity index (χ4n) is 4.01. The van der Waals surface area contributed by atoms with Gasteiger partial charge in [-0.2, -0.15) is 18.2 Å². The molecule has 4 aromatic rings. The molecule has 17 heteroatoms. The highest BCUT2D eigenvalue weighted by Gasteiger charge is 2.47. The van der Waals surface area contributed by atoms with Crippen molar-refractivity contribution in [1.82, 2.24) is 34.8 Å². The summed E-state index contributed by atoms with van der Waals surface area (Å²) in [7, 11) is 1.35. The quantitative estimate of drug-likeness (QED) is 0.251. The zero-order valence-electron chi connectivity index (χ0n) is 19.6. The Morgan fingerprint density at radius 2 is 1.92 bits per heavy atom. The summed E-state index contributed by atoms with van der Waals surface area (Å²) in [5, 5.41) is 25.8. The van der Waals surface area contributed by atoms with Crippen LogP contribution >= 0.6 is 0 Å². The van der Waals surface area contributed by atoms with E-state index in [-0.39, 0.29) is 34.9 Å². The fraction of sp³-hybridized carbons (Fsp3) is 0.381. The van der Waals surface area contributed by atoms with Crippen LogP contribution in [0.25, 0.3) is 22.4 Å². The Morgan fingerprint density at radius 1 is 1.16 bits per heavy atom. The van der Waals surface area contributed by atoms with Crippen LogP contribution in [0, 0.1) is 0 Å². The standard InChI is InChI=1S/C21H19F3N8O6/c1-7(33)19-31-16-13(37-19)9(21(22,23)24)3-8(30-16)4-26-15-10-17(28-5-27-15)32(6-29-10)20-12(35)11(34)14(38-20)18(36)25-2/h3,5-6,11-12,14,20,34-35H,4H2,1-2H3,(H,25,36)(H,26,27,28)/t11-,12+,14-,20+/m0/s1. The predicted molar refractivity (Wildman–Crippen MR) is 119 cm³/mol. The number of aromatic nitrogens is 6. The molecule has 1 aliphatic heterocycles. The van der Waals surface area contributed by atoms with E-state index in [1.54, 1.807) is 0 Å². The van der Waals surface area contributed by atoms with Crippen LogP contribution in [-0.2, 0) is 22.3 Å². The number of nitrogens with one attached hydrogen (secondary N) is 2. The van der Waals surface area contributed by atoms with Crippen LogP contribution < -0.4 is 10.6 Å². The van der Waals surface area contributed by atoms with Crippen LogP contribution in [0.4, 0.5) is 19.0 Å². The summed E-state index contributed by atoms with van der Waals surface area (Å²) in [6.45, 7) is 0.856. The number of rotatable bonds is 6. The SMILES string of the molecule is CNC(=O)[C@H]1O[C@@H](n2cnc3c(NCc4cc(C(F)(F)F)c5oc(C(C)=O)nc5n4)ncnc32)[C@H](O)[C@@H]1O. The first kappa shape index (κ1) is 25.4. The van der Waals surface area contributed by atoms with E-state index in [0.717, 1.165) is 19.3 Å². The van der Waals surface area contributed by atoms with E-state index in [1.165, 1.54) is 17.9 Å². The molecule has 1 fully saturated rings. The van der Waals surface area contributed by atoms with Crippen LogP contribution in [-0.4, -0.2) is 76.8 Å². The van der Waals surface area contributed by atoms with E-state index in [9.17, 15) is 33.0 Å². The molecule has 14 nitrogen and oxygen atoms in total. The fourth-order valence-corrected chi connectivity index (χ4v) is 4.01. The van der Waals surface area contributed by atoms with Crippen molar-refractivity contribution >= 4 is 39.9 Å². The van der Waals surface area contributed by atoms with E-state index in [4.69, 9.17) is 9.15 Å². The molecule has 1 amide bonds. The summed E-state index contributed by atoms with van der Waals surface area (Å²) >= 11 is 0. The summed E-state index contributed by atoms with van der Waals surface area (Å²) in [5.41, 5.74) is -1.94. The molecule has 1 aliphatic rings. The number of halogens is 3. The van der Waals surface area contributed by atoms with Gasteiger partial charge in [0, 0.05) is 14.0 Å². The Hall–Kier alpha value is -4.22. The van der Waals surface area contributed by atoms with Gasteiger partial charge in [-0.1, -0.05) is 0 Å². The van der Waals surface area contributed by atoms with E-state index < -0.39 is 59.4 Å². The number of hydrogen-bond acceptors (Lipinski definition) is 12. The number of aliphatic hydroxyl groups excluding tert-OH is 2. The van der Waals surface area contributed by atoms with Gasteiger partial charge in [0.25, 0.3) is 11.8 Å². The van der Waals surface area contributed by atoms with Gasteiger partial charge in [-0.25, -0.2) is 19.9 Å². The van der Waals surface area contributed by atoms with Crippen molar-refractivity contribution in [3.05, 3.63) is 35.9 Å². The molecule has 4 aromatic heterocycles. The number of aliphatic hydroxyl groups is 2. The van der Waals surface area contributed by atoms with Gasteiger partial charge in [-0.05, 0) is 6.07 Å². The van der Waals surface area contributed by atoms with Gasteiger partial charge in [0.2, 0.25) is 5.78 Å². The number of nitrogens with zero attached hydrogens (tertiary/aromatic N) is 6. The summed E-state index contributed by atoms with van der Waals surface area (Å²) in [4.78, 5) is 43.7. The topological polar surface area (TPSA) is 190 Å². The Bertz CT molecular complexity index is 1550. The molecule has 38 heavy (non-hydrogen) atoms. The molecule has 0 saturated carbocycles. The van der Waals surface area contributed by atoms with Gasteiger partial charge >= 0.3 is 6.18 Å². The van der Waals surface area contributed by atoms with Gasteiger partial charge in [0.05, 0.1) is 18.6 Å². The zero-order chi connectivity index (χ0) is 27.4. The Kier molecular flexibility index (Phi) is 6.20. The summed E-state index contributed by atoms with van der Waals surface area (Å²) < 4.78 is 52.8. The van der Waals surface area contributed by atoms with Gasteiger partial charge in [-0.3, -0.25) is 14.2 Å². The number of fused-ring (bicyclic) bond motifs is 2. The van der Waals surface area contributed by atoms with Gasteiger partial charge in [0.1, 0.15) is 24.1 Å². The second-order valence-electron chi connectivity index (χ2n) is 8.33. The second kappa shape index (κ2) is 9.26. The van der Waals surface area contributed by atoms with Crippen LogP contribution in [0.5, 0.6) is 0 Å². The minimum atomic E-state index is -4.80. The smallest absolute Gasteiger partial charge is 0.420 e. The largest absolute Gasteiger partial charge is 0.431 e. The number of hydrogen-bond donors (Lipinski definition) is 4. The van der Waals surface area contributed by atoms with Crippen molar-refractivity contribution in [3.63, 3.8) is 0 Å². The van der Waals surface area contributed by atoms with E-state index in [1.807, 2.05) is 0 Å². The minimum Gasteiger partial charge on any atom is -0.431 e. The molecular formula is C21H19F3N8O6. The molecule has 5 heterocycles. The number of ether oxygens (including phenoxy) is 1. The van der Waals surface area contributed by atoms with Crippen molar-refractivity contribution < 1.29 is 42.1 Å². The number of Topliss-reactive ketones (excluding diaryl/α,β-unsaturated/α-hetero) is 1. The average molecular weight is 536 g/mol. The maximum atomic E-state index is 13.7. The lowest BCUT2D eigenvalue weighted by molar-refractivity contribution is -0.137. The summed E-state index contributed by atoms with van der Waals surface area (Å²) in [6, 6.07) is 0.768. The van der Waals surface area contributed by atoms with Crippen LogP contribution in [0.2, 0.25) is 0 Å². The third-order valence-corrected chi connectivity index (χ3v) is 5.83. The first-order valence-electron chi connectivity index (χ1n) is 11.0. The Morgan fingerprint density at radius 3 is 2.61 bits per heavy atom. The van der Waals surface area contributed by atoms with E-state index >= 15 is 0 Å². The molecular weight excluding hydrogens is 517 g/mol. The lowest BCUT2D eigenvalue weighted by Crippen LogP contribution is -2.41. The maximum Gasteiger partial charge on any atom is 0.420 e. The number of oxazole rings is 1. The molecule has 4 N–H and O–H groups in total. The van der Waals surface area contributed by atoms with E-state index in [0.29, 0.717) is 0 Å². The van der Waals surface area contributed by atoms with Crippen molar-refractivity contribution in [1.29, 1.82) is 0 Å². The molecule has 200 valence electrons. The molecule has 0 aliphatic carbocycles. The Balaban J connectivity index is 1.44. The molecule has 5 rings (SSSR count). The number of amides is 1. The van der Waals surface area contributed by atoms with Crippen LogP contribution in [0.1, 0.15) is 35.1 Å². The monoisotopic (exact) mass is 536 g/mol. The van der Waals surface area contributed by atoms with Gasteiger partial charge in [0.15, 0.2) is 40.5 Å².